The summed E-state index contributed by atoms with van der Waals surface area (Å²) < 4.78 is 30.2. The first-order valence-electron chi connectivity index (χ1n) is 36.1. The third-order valence-corrected chi connectivity index (χ3v) is 20.5. The molecule has 11 atom stereocenters. The van der Waals surface area contributed by atoms with Crippen LogP contribution in [0.25, 0.3) is 38.7 Å². The van der Waals surface area contributed by atoms with Crippen molar-refractivity contribution in [2.45, 2.75) is 150 Å². The number of allylic oxidation sites excluding steroid dienone is 2. The lowest BCUT2D eigenvalue weighted by Crippen LogP contribution is -2.48. The number of primary amides is 1. The molecule has 4 aromatic carbocycles. The molecule has 1 aromatic heterocycles. The monoisotopic (exact) mass is 1480 g/mol. The van der Waals surface area contributed by atoms with Gasteiger partial charge in [0, 0.05) is 161 Å². The summed E-state index contributed by atoms with van der Waals surface area (Å²) in [6, 6.07) is 7.94. The molecule has 9 rings (SSSR count). The van der Waals surface area contributed by atoms with Gasteiger partial charge in [-0.25, -0.2) is 14.6 Å². The number of aliphatic hydroxyl groups excluding tert-OH is 4. The number of alkyl carbamates (subject to hydrolysis) is 1. The smallest absolute Gasteiger partial charge is 0.407 e. The molecule has 4 aliphatic heterocycles. The van der Waals surface area contributed by atoms with E-state index in [4.69, 9.17) is 34.1 Å². The van der Waals surface area contributed by atoms with Crippen LogP contribution in [0, 0.1) is 42.4 Å². The number of imide groups is 1. The average molecular weight is 1480 g/mol. The standard InChI is InChI=1S/C77H98N10O20/c1-40(2)61(82-55(90)19-12-11-13-29-87-56(91)24-25-57(87)92)51(88)36-48(18-15-27-79-75(78)101)74(100)81-49-22-20-47(21-23-49)39-104-76(102)80-28-30-85-31-33-86(34-32-85)50-37-52(89)62-54(38-50)106-71-63(83-62)58-59-68(96)46(8)70-60(58)72(98)77(9,107-70)105-35-26-53(103-10)43(5)66(94)45(7)67(95)44(6)65(93)41(3)16-14-17-42(4)73(99)84-64(71)69(59)97/h14,16-17,20-26,35,37-38,40-41,43-45,48,53,61,65-67,93-96,98H,11-13,15,18-19,27-34,36,39H2,1-10H3,(H,80,102)(H,81,100)(H,82,90)(H,84,99)(H3,78,79,101)/b16-14+,35-26+,42-17-/t41-,43+,44+,45-,48+,53-,61-,65-,66+,67+,77-/m0/s1. The van der Waals surface area contributed by atoms with E-state index in [1.165, 1.54) is 64.5 Å². The number of anilines is 3. The maximum Gasteiger partial charge on any atom is 0.407 e. The molecule has 30 heteroatoms. The number of aromatic hydroxyl groups is 1. The Balaban J connectivity index is 0.843. The van der Waals surface area contributed by atoms with Crippen LogP contribution in [0.5, 0.6) is 11.5 Å². The maximum atomic E-state index is 15.1. The van der Waals surface area contributed by atoms with E-state index in [2.05, 4.69) is 31.5 Å². The number of benzene rings is 4. The Hall–Kier alpha value is -10.3. The summed E-state index contributed by atoms with van der Waals surface area (Å²) in [5.41, 5.74) is 4.09. The molecule has 0 saturated carbocycles. The van der Waals surface area contributed by atoms with Crippen LogP contribution in [-0.2, 0) is 49.6 Å². The van der Waals surface area contributed by atoms with Gasteiger partial charge < -0.3 is 86.1 Å². The molecule has 4 aliphatic rings. The molecule has 0 unspecified atom stereocenters. The highest BCUT2D eigenvalue weighted by Crippen LogP contribution is 2.43. The number of amides is 8. The minimum Gasteiger partial charge on any atom is -0.507 e. The van der Waals surface area contributed by atoms with E-state index in [0.29, 0.717) is 75.3 Å². The number of phenols is 1. The van der Waals surface area contributed by atoms with Gasteiger partial charge in [-0.15, -0.1) is 0 Å². The minimum absolute atomic E-state index is 0.0133. The fraction of sp³-hybridized carbons (Fsp3) is 0.494. The predicted molar refractivity (Wildman–Crippen MR) is 398 cm³/mol. The van der Waals surface area contributed by atoms with Gasteiger partial charge in [-0.1, -0.05) is 78.3 Å². The zero-order valence-electron chi connectivity index (χ0n) is 61.9. The molecule has 1 fully saturated rings. The number of nitrogens with one attached hydrogen (secondary N) is 5. The second kappa shape index (κ2) is 35.4. The Bertz CT molecular complexity index is 4490. The van der Waals surface area contributed by atoms with Gasteiger partial charge in [0.1, 0.15) is 29.3 Å². The van der Waals surface area contributed by atoms with Crippen molar-refractivity contribution in [3.63, 3.8) is 0 Å². The van der Waals surface area contributed by atoms with Crippen molar-refractivity contribution < 1.29 is 87.3 Å². The Morgan fingerprint density at radius 1 is 0.813 bits per heavy atom. The minimum atomic E-state index is -2.03. The molecule has 4 bridgehead atoms. The van der Waals surface area contributed by atoms with Gasteiger partial charge >= 0.3 is 17.9 Å². The first-order chi connectivity index (χ1) is 50.8. The summed E-state index contributed by atoms with van der Waals surface area (Å²) in [4.78, 5) is 142. The van der Waals surface area contributed by atoms with Crippen molar-refractivity contribution in [3.05, 3.63) is 121 Å². The summed E-state index contributed by atoms with van der Waals surface area (Å²) in [5, 5.41) is 71.6. The highest BCUT2D eigenvalue weighted by molar-refractivity contribution is 6.17. The lowest BCUT2D eigenvalue weighted by molar-refractivity contribution is -0.137. The molecule has 107 heavy (non-hydrogen) atoms. The number of aliphatic hydroxyl groups is 4. The molecule has 1 saturated heterocycles. The number of phenolic OH excluding ortho intramolecular Hbond substituents is 1. The molecule has 30 nitrogen and oxygen atoms in total. The number of unbranched alkanes of at least 4 members (excludes halogenated alkanes) is 2. The van der Waals surface area contributed by atoms with Gasteiger partial charge in [-0.05, 0) is 69.2 Å². The molecule has 576 valence electrons. The second-order valence-electron chi connectivity index (χ2n) is 28.5. The van der Waals surface area contributed by atoms with Gasteiger partial charge in [-0.2, -0.15) is 0 Å². The summed E-state index contributed by atoms with van der Waals surface area (Å²) in [6.45, 7) is 17.5. The topological polar surface area (TPSA) is 431 Å². The predicted octanol–water partition coefficient (Wildman–Crippen LogP) is 5.63. The Kier molecular flexibility index (Phi) is 26.8. The molecular weight excluding hydrogens is 1380 g/mol. The van der Waals surface area contributed by atoms with E-state index in [0.717, 1.165) is 4.90 Å². The van der Waals surface area contributed by atoms with Crippen LogP contribution in [0.4, 0.5) is 26.7 Å². The molecule has 0 radical (unpaired) electrons. The zero-order chi connectivity index (χ0) is 77.9. The summed E-state index contributed by atoms with van der Waals surface area (Å²) in [7, 11) is 1.42. The van der Waals surface area contributed by atoms with Crippen molar-refractivity contribution in [1.29, 1.82) is 0 Å². The highest BCUT2D eigenvalue weighted by atomic mass is 16.7. The summed E-state index contributed by atoms with van der Waals surface area (Å²) >= 11 is 0. The Labute approximate surface area is 618 Å². The van der Waals surface area contributed by atoms with E-state index < -0.39 is 123 Å². The molecule has 12 N–H and O–H groups in total. The van der Waals surface area contributed by atoms with E-state index in [1.54, 1.807) is 84.0 Å². The maximum absolute atomic E-state index is 15.1. The number of fused-ring (bicyclic) bond motifs is 2. The number of carbonyl (C=O) groups excluding carboxylic acids is 8. The normalized spacial score (nSPS) is 24.0. The quantitative estimate of drug-likeness (QED) is 0.0154. The van der Waals surface area contributed by atoms with Crippen molar-refractivity contribution in [2.24, 2.45) is 41.2 Å². The number of ether oxygens (including phenoxy) is 4. The molecule has 5 heterocycles. The first-order valence-corrected chi connectivity index (χ1v) is 36.1. The fourth-order valence-corrected chi connectivity index (χ4v) is 13.8. The van der Waals surface area contributed by atoms with Crippen LogP contribution in [0.15, 0.2) is 98.7 Å². The van der Waals surface area contributed by atoms with E-state index in [9.17, 15) is 68.7 Å². The molecule has 0 spiro atoms. The number of nitrogens with zero attached hydrogens (tertiary/aromatic N) is 4. The molecule has 0 aliphatic carbocycles. The number of piperazine rings is 1. The number of carbonyl (C=O) groups is 8. The van der Waals surface area contributed by atoms with Crippen molar-refractivity contribution in [1.82, 2.24) is 30.7 Å². The van der Waals surface area contributed by atoms with Crippen molar-refractivity contribution in [3.8, 4) is 11.5 Å². The zero-order valence-corrected chi connectivity index (χ0v) is 61.9. The molecular formula is C77H98N10O20. The summed E-state index contributed by atoms with van der Waals surface area (Å²) in [5.74, 6) is -9.78. The number of nitrogens with two attached hydrogens (primary N) is 1. The number of rotatable bonds is 24. The van der Waals surface area contributed by atoms with Crippen LogP contribution < -0.4 is 58.0 Å². The molecule has 8 amide bonds. The number of ketones is 1. The Morgan fingerprint density at radius 2 is 1.50 bits per heavy atom. The average Bonchev–Trinajstić information content (AvgIpc) is 1.65. The van der Waals surface area contributed by atoms with Gasteiger partial charge in [0.05, 0.1) is 47.3 Å². The number of urea groups is 1. The van der Waals surface area contributed by atoms with Gasteiger partial charge in [0.25, 0.3) is 17.7 Å². The lowest BCUT2D eigenvalue weighted by atomic mass is 9.78. The largest absolute Gasteiger partial charge is 0.507 e. The second-order valence-corrected chi connectivity index (χ2v) is 28.5. The Morgan fingerprint density at radius 3 is 2.17 bits per heavy atom. The van der Waals surface area contributed by atoms with Crippen LogP contribution >= 0.6 is 0 Å². The third kappa shape index (κ3) is 18.9. The summed E-state index contributed by atoms with van der Waals surface area (Å²) in [6.07, 6.45) is 6.86. The van der Waals surface area contributed by atoms with Crippen LogP contribution in [-0.4, -0.2) is 183 Å². The lowest BCUT2D eigenvalue weighted by Gasteiger charge is -2.36. The number of hydrogen-bond acceptors (Lipinski definition) is 23. The van der Waals surface area contributed by atoms with Crippen LogP contribution in [0.2, 0.25) is 0 Å². The molecule has 5 aromatic rings. The number of hydrogen-bond donors (Lipinski definition) is 11. The SMILES string of the molecule is CO[C@H]1/C=C/O[C@@]2(C)Oc3c(C)c(O)c4c(=O)c(c5oc6cc(N7CCN(CCNC(=O)OCc8ccc(NC(=O)[C@H](CCCNC(N)=O)CC(=O)[C@@H](NC(=O)CCCCCN9C(=O)C=CC9=O)C(C)C)cc8)CC7)cc(=O)c6nc5c4c3=C2O)NC(=O)/C(C)=C\C=C\[C@H](C)[C@H](O)[C@@H](C)[C@@H](O)[C@@H](C)[C@H](O)[C@@H]1C. The number of methoxy groups -OCH3 is 1. The van der Waals surface area contributed by atoms with Crippen LogP contribution in [0.3, 0.4) is 0 Å². The highest BCUT2D eigenvalue weighted by Gasteiger charge is 2.44. The van der Waals surface area contributed by atoms with E-state index >= 15 is 4.79 Å². The number of aromatic nitrogens is 1. The van der Waals surface area contributed by atoms with E-state index in [1.807, 2.05) is 4.90 Å². The fourth-order valence-electron chi connectivity index (χ4n) is 13.8. The number of Topliss-reactive ketones (excluding diaryl/α,β-unsaturated/α-hetero) is 1. The van der Waals surface area contributed by atoms with Crippen molar-refractivity contribution in [2.75, 3.05) is 75.0 Å². The van der Waals surface area contributed by atoms with Crippen LogP contribution in [0.1, 0.15) is 111 Å². The van der Waals surface area contributed by atoms with Crippen molar-refractivity contribution >= 4 is 103 Å². The van der Waals surface area contributed by atoms with Gasteiger partial charge in [0.2, 0.25) is 22.7 Å². The third-order valence-electron chi connectivity index (χ3n) is 20.5. The van der Waals surface area contributed by atoms with Gasteiger partial charge in [-0.3, -0.25) is 48.2 Å². The first kappa shape index (κ1) is 80.8. The van der Waals surface area contributed by atoms with Gasteiger partial charge in [0.15, 0.2) is 28.2 Å². The van der Waals surface area contributed by atoms with E-state index in [-0.39, 0.29) is 125 Å².